The van der Waals surface area contributed by atoms with Gasteiger partial charge in [-0.15, -0.1) is 10.2 Å². The number of aromatic nitrogens is 2. The molecule has 0 bridgehead atoms. The molecule has 1 fully saturated rings. The zero-order valence-electron chi connectivity index (χ0n) is 21.5. The highest BCUT2D eigenvalue weighted by molar-refractivity contribution is 8.00. The summed E-state index contributed by atoms with van der Waals surface area (Å²) >= 11 is 20.9. The average molecular weight is 647 g/mol. The SMILES string of the molecule is CCCOc1cccc(C2C(=C(O)c3ccc(Cl)cc3)C(=O)C(=O)N2c2nnc(SCc3ccc(Cl)cc3Cl)s2)c1. The zero-order valence-corrected chi connectivity index (χ0v) is 25.4. The first-order valence-electron chi connectivity index (χ1n) is 12.5. The van der Waals surface area contributed by atoms with E-state index in [4.69, 9.17) is 39.5 Å². The van der Waals surface area contributed by atoms with Crippen LogP contribution < -0.4 is 9.64 Å². The van der Waals surface area contributed by atoms with Gasteiger partial charge in [0.1, 0.15) is 11.5 Å². The van der Waals surface area contributed by atoms with Gasteiger partial charge in [0, 0.05) is 26.4 Å². The van der Waals surface area contributed by atoms with Crippen molar-refractivity contribution in [1.82, 2.24) is 10.2 Å². The van der Waals surface area contributed by atoms with Gasteiger partial charge in [0.15, 0.2) is 4.34 Å². The summed E-state index contributed by atoms with van der Waals surface area (Å²) in [6.07, 6.45) is 0.811. The molecule has 1 saturated heterocycles. The van der Waals surface area contributed by atoms with E-state index in [1.165, 1.54) is 16.7 Å². The average Bonchev–Trinajstić information content (AvgIpc) is 3.53. The quantitative estimate of drug-likeness (QED) is 0.0644. The molecule has 1 aliphatic rings. The van der Waals surface area contributed by atoms with Crippen LogP contribution in [0.25, 0.3) is 5.76 Å². The third-order valence-corrected chi connectivity index (χ3v) is 9.12. The molecule has 1 aliphatic heterocycles. The van der Waals surface area contributed by atoms with E-state index in [0.717, 1.165) is 23.3 Å². The van der Waals surface area contributed by atoms with Crippen LogP contribution >= 0.6 is 57.9 Å². The Balaban J connectivity index is 1.54. The Morgan fingerprint density at radius 3 is 2.51 bits per heavy atom. The van der Waals surface area contributed by atoms with Crippen molar-refractivity contribution >= 4 is 80.5 Å². The number of ether oxygens (including phenoxy) is 1. The van der Waals surface area contributed by atoms with E-state index < -0.39 is 17.7 Å². The number of rotatable bonds is 9. The molecule has 0 radical (unpaired) electrons. The molecule has 0 aliphatic carbocycles. The first-order valence-corrected chi connectivity index (χ1v) is 15.4. The highest BCUT2D eigenvalue weighted by Crippen LogP contribution is 2.44. The zero-order chi connectivity index (χ0) is 29.1. The van der Waals surface area contributed by atoms with Gasteiger partial charge in [-0.05, 0) is 66.1 Å². The molecule has 41 heavy (non-hydrogen) atoms. The van der Waals surface area contributed by atoms with Crippen LogP contribution in [0.2, 0.25) is 15.1 Å². The molecule has 4 aromatic rings. The van der Waals surface area contributed by atoms with Crippen molar-refractivity contribution in [3.8, 4) is 5.75 Å². The van der Waals surface area contributed by atoms with Crippen molar-refractivity contribution in [1.29, 1.82) is 0 Å². The minimum absolute atomic E-state index is 0.0673. The molecule has 2 heterocycles. The number of carbonyl (C=O) groups is 2. The van der Waals surface area contributed by atoms with Gasteiger partial charge in [-0.3, -0.25) is 14.5 Å². The molecule has 1 amide bonds. The lowest BCUT2D eigenvalue weighted by molar-refractivity contribution is -0.132. The Labute approximate surface area is 259 Å². The standard InChI is InChI=1S/C29H22Cl3N3O4S2/c1-2-12-39-21-5-3-4-17(13-21)24-23(25(36)16-6-9-19(30)10-7-16)26(37)27(38)35(24)28-33-34-29(41-28)40-15-18-8-11-20(31)14-22(18)32/h3-11,13-14,24,36H,2,12,15H2,1H3. The summed E-state index contributed by atoms with van der Waals surface area (Å²) in [6.45, 7) is 2.50. The number of nitrogens with zero attached hydrogens (tertiary/aromatic N) is 3. The number of aliphatic hydroxyl groups is 1. The second-order valence-electron chi connectivity index (χ2n) is 8.97. The van der Waals surface area contributed by atoms with E-state index in [2.05, 4.69) is 10.2 Å². The summed E-state index contributed by atoms with van der Waals surface area (Å²) in [5, 5.41) is 21.6. The van der Waals surface area contributed by atoms with Crippen molar-refractivity contribution in [2.45, 2.75) is 29.5 Å². The normalized spacial score (nSPS) is 16.4. The summed E-state index contributed by atoms with van der Waals surface area (Å²) in [4.78, 5) is 28.2. The smallest absolute Gasteiger partial charge is 0.301 e. The van der Waals surface area contributed by atoms with Crippen molar-refractivity contribution < 1.29 is 19.4 Å². The number of carbonyl (C=O) groups excluding carboxylic acids is 2. The van der Waals surface area contributed by atoms with Gasteiger partial charge in [-0.25, -0.2) is 0 Å². The maximum atomic E-state index is 13.5. The topological polar surface area (TPSA) is 92.6 Å². The summed E-state index contributed by atoms with van der Waals surface area (Å²) < 4.78 is 6.38. The summed E-state index contributed by atoms with van der Waals surface area (Å²) in [7, 11) is 0. The second-order valence-corrected chi connectivity index (χ2v) is 12.4. The largest absolute Gasteiger partial charge is 0.507 e. The van der Waals surface area contributed by atoms with Gasteiger partial charge in [0.25, 0.3) is 5.78 Å². The van der Waals surface area contributed by atoms with Crippen LogP contribution in [0.4, 0.5) is 5.13 Å². The molecule has 1 unspecified atom stereocenters. The highest BCUT2D eigenvalue weighted by Gasteiger charge is 2.48. The van der Waals surface area contributed by atoms with Crippen LogP contribution in [-0.4, -0.2) is 33.6 Å². The van der Waals surface area contributed by atoms with Gasteiger partial charge in [-0.1, -0.05) is 83.0 Å². The number of anilines is 1. The van der Waals surface area contributed by atoms with E-state index in [1.54, 1.807) is 60.7 Å². The lowest BCUT2D eigenvalue weighted by atomic mass is 9.95. The number of aliphatic hydroxyl groups excluding tert-OH is 1. The number of ketones is 1. The van der Waals surface area contributed by atoms with E-state index >= 15 is 0 Å². The Bertz CT molecular complexity index is 1640. The number of benzene rings is 3. The van der Waals surface area contributed by atoms with Gasteiger partial charge >= 0.3 is 5.91 Å². The van der Waals surface area contributed by atoms with Crippen LogP contribution in [0.1, 0.15) is 36.1 Å². The van der Waals surface area contributed by atoms with Gasteiger partial charge < -0.3 is 9.84 Å². The first kappa shape index (κ1) is 29.4. The predicted molar refractivity (Wildman–Crippen MR) is 164 cm³/mol. The molecule has 0 spiro atoms. The molecule has 210 valence electrons. The second kappa shape index (κ2) is 12.8. The minimum Gasteiger partial charge on any atom is -0.507 e. The first-order chi connectivity index (χ1) is 19.8. The van der Waals surface area contributed by atoms with Crippen LogP contribution in [0, 0.1) is 0 Å². The number of thioether (sulfide) groups is 1. The van der Waals surface area contributed by atoms with Crippen molar-refractivity contribution in [3.63, 3.8) is 0 Å². The highest BCUT2D eigenvalue weighted by atomic mass is 35.5. The molecule has 0 saturated carbocycles. The molecule has 3 aromatic carbocycles. The van der Waals surface area contributed by atoms with Crippen molar-refractivity contribution in [2.75, 3.05) is 11.5 Å². The van der Waals surface area contributed by atoms with Crippen molar-refractivity contribution in [3.05, 3.63) is 104 Å². The maximum absolute atomic E-state index is 13.5. The van der Waals surface area contributed by atoms with E-state index in [1.807, 2.05) is 13.0 Å². The van der Waals surface area contributed by atoms with Gasteiger partial charge in [0.2, 0.25) is 5.13 Å². The van der Waals surface area contributed by atoms with E-state index in [0.29, 0.717) is 48.6 Å². The summed E-state index contributed by atoms with van der Waals surface area (Å²) in [5.41, 5.74) is 1.72. The Morgan fingerprint density at radius 1 is 1.02 bits per heavy atom. The summed E-state index contributed by atoms with van der Waals surface area (Å²) in [6, 6.07) is 17.8. The van der Waals surface area contributed by atoms with Gasteiger partial charge in [0.05, 0.1) is 18.2 Å². The van der Waals surface area contributed by atoms with Crippen molar-refractivity contribution in [2.24, 2.45) is 0 Å². The lowest BCUT2D eigenvalue weighted by Crippen LogP contribution is -2.29. The third kappa shape index (κ3) is 6.39. The molecule has 12 heteroatoms. The lowest BCUT2D eigenvalue weighted by Gasteiger charge is -2.23. The number of halogens is 3. The molecule has 7 nitrogen and oxygen atoms in total. The van der Waals surface area contributed by atoms with Crippen LogP contribution in [0.15, 0.2) is 76.6 Å². The fraction of sp³-hybridized carbons (Fsp3) is 0.172. The van der Waals surface area contributed by atoms with E-state index in [-0.39, 0.29) is 16.5 Å². The number of hydrogen-bond donors (Lipinski definition) is 1. The Kier molecular flexibility index (Phi) is 9.21. The minimum atomic E-state index is -0.965. The van der Waals surface area contributed by atoms with Gasteiger partial charge in [-0.2, -0.15) is 0 Å². The fourth-order valence-electron chi connectivity index (χ4n) is 4.24. The molecule has 5 rings (SSSR count). The molecule has 1 aromatic heterocycles. The summed E-state index contributed by atoms with van der Waals surface area (Å²) in [5.74, 6) is -0.891. The fourth-order valence-corrected chi connectivity index (χ4v) is 6.79. The molecular weight excluding hydrogens is 625 g/mol. The maximum Gasteiger partial charge on any atom is 0.301 e. The Morgan fingerprint density at radius 2 is 1.78 bits per heavy atom. The van der Waals surface area contributed by atoms with Crippen LogP contribution in [0.3, 0.4) is 0 Å². The van der Waals surface area contributed by atoms with E-state index in [9.17, 15) is 14.7 Å². The molecular formula is C29H22Cl3N3O4S2. The van der Waals surface area contributed by atoms with Crippen LogP contribution in [0.5, 0.6) is 5.75 Å². The third-order valence-electron chi connectivity index (χ3n) is 6.18. The number of hydrogen-bond acceptors (Lipinski definition) is 8. The predicted octanol–water partition coefficient (Wildman–Crippen LogP) is 8.21. The number of Topliss-reactive ketones (excluding diaryl/α,β-unsaturated/α-hetero) is 1. The van der Waals surface area contributed by atoms with Crippen LogP contribution in [-0.2, 0) is 15.3 Å². The monoisotopic (exact) mass is 645 g/mol. The Hall–Kier alpha value is -3.08. The molecule has 1 atom stereocenters. The molecule has 1 N–H and O–H groups in total. The number of amides is 1.